The van der Waals surface area contributed by atoms with Crippen molar-refractivity contribution < 1.29 is 47.0 Å². The number of rotatable bonds is 9. The van der Waals surface area contributed by atoms with Crippen LogP contribution in [0.3, 0.4) is 0 Å². The molecule has 1 fully saturated rings. The minimum absolute atomic E-state index is 0. The zero-order valence-corrected chi connectivity index (χ0v) is 25.2. The molecule has 0 saturated carbocycles. The fourth-order valence-electron chi connectivity index (χ4n) is 4.59. The maximum absolute atomic E-state index is 12.7. The Labute approximate surface area is 237 Å². The van der Waals surface area contributed by atoms with Crippen molar-refractivity contribution in [1.82, 2.24) is 9.88 Å². The predicted octanol–water partition coefficient (Wildman–Crippen LogP) is 6.30. The van der Waals surface area contributed by atoms with Crippen molar-refractivity contribution in [3.8, 4) is 0 Å². The Hall–Kier alpha value is -1.43. The molecule has 0 aliphatic carbocycles. The summed E-state index contributed by atoms with van der Waals surface area (Å²) >= 11 is 0. The molecule has 1 aliphatic rings. The topological polar surface area (TPSA) is 51.7 Å². The molecule has 189 valence electrons. The molecule has 0 bridgehead atoms. The number of hydrogen-bond acceptors (Lipinski definition) is 4. The molecular weight excluding hydrogens is 513 g/mol. The van der Waals surface area contributed by atoms with E-state index >= 15 is 0 Å². The quantitative estimate of drug-likeness (QED) is 0.270. The fourth-order valence-corrected chi connectivity index (χ4v) is 4.59. The largest absolute Gasteiger partial charge is 0.444 e. The van der Waals surface area contributed by atoms with Gasteiger partial charge in [-0.05, 0) is 65.2 Å². The van der Waals surface area contributed by atoms with Crippen LogP contribution in [0, 0.1) is 25.7 Å². The summed E-state index contributed by atoms with van der Waals surface area (Å²) in [5.74, 6) is 1.62. The second-order valence-electron chi connectivity index (χ2n) is 10.6. The van der Waals surface area contributed by atoms with Crippen LogP contribution in [-0.4, -0.2) is 47.4 Å². The fraction of sp³-hybridized carbons (Fsp3) is 0.552. The number of benzene rings is 1. The Balaban J connectivity index is 0.00000432. The summed E-state index contributed by atoms with van der Waals surface area (Å²) in [4.78, 5) is 19.3. The van der Waals surface area contributed by atoms with Crippen LogP contribution >= 0.6 is 0 Å². The van der Waals surface area contributed by atoms with Crippen molar-refractivity contribution in [1.29, 1.82) is 0 Å². The molecule has 3 rings (SSSR count). The molecule has 2 atom stereocenters. The van der Waals surface area contributed by atoms with E-state index in [4.69, 9.17) is 14.5 Å². The average Bonchev–Trinajstić information content (AvgIpc) is 3.15. The maximum atomic E-state index is 12.7. The Morgan fingerprint density at radius 1 is 1.11 bits per heavy atom. The van der Waals surface area contributed by atoms with E-state index in [9.17, 15) is 4.79 Å². The molecule has 1 aromatic carbocycles. The first-order valence-corrected chi connectivity index (χ1v) is 12.5. The van der Waals surface area contributed by atoms with Gasteiger partial charge in [0.25, 0.3) is 0 Å². The Kier molecular flexibility index (Phi) is 11.7. The number of unbranched alkanes of at least 4 members (excludes halogenated alkanes) is 1. The van der Waals surface area contributed by atoms with Crippen molar-refractivity contribution >= 4 is 6.09 Å². The predicted molar refractivity (Wildman–Crippen MR) is 137 cm³/mol. The molecule has 0 unspecified atom stereocenters. The third-order valence-corrected chi connectivity index (χ3v) is 6.20. The molecule has 1 aliphatic heterocycles. The van der Waals surface area contributed by atoms with E-state index in [-0.39, 0.29) is 50.8 Å². The van der Waals surface area contributed by atoms with Gasteiger partial charge in [-0.3, -0.25) is 4.98 Å². The van der Waals surface area contributed by atoms with Crippen LogP contribution in [0.5, 0.6) is 0 Å². The number of aryl methyl sites for hydroxylation is 2. The van der Waals surface area contributed by atoms with Gasteiger partial charge < -0.3 is 14.4 Å². The van der Waals surface area contributed by atoms with Gasteiger partial charge in [-0.15, -0.1) is 12.1 Å². The summed E-state index contributed by atoms with van der Waals surface area (Å²) in [5, 5.41) is 0. The van der Waals surface area contributed by atoms with Crippen LogP contribution in [-0.2, 0) is 48.6 Å². The van der Waals surface area contributed by atoms with Crippen molar-refractivity contribution in [2.24, 2.45) is 5.92 Å². The zero-order chi connectivity index (χ0) is 24.7. The number of carbonyl (C=O) groups is 1. The van der Waals surface area contributed by atoms with Gasteiger partial charge in [0.1, 0.15) is 5.60 Å². The molecular formula is C29H41N2O3Y-. The van der Waals surface area contributed by atoms with Crippen LogP contribution in [0.25, 0.3) is 0 Å². The Morgan fingerprint density at radius 2 is 1.83 bits per heavy atom. The SMILES string of the molecule is Cc1cc(C)nc(C[C@@H]2CN(C(=O)OC(C)(C)C)C[C@@H]2OCCCC[C-](C)c2ccccc2)c1.[Y]. The van der Waals surface area contributed by atoms with Crippen LogP contribution in [0.15, 0.2) is 42.5 Å². The average molecular weight is 555 g/mol. The number of aromatic nitrogens is 1. The number of hydrogen-bond donors (Lipinski definition) is 0. The molecule has 1 radical (unpaired) electrons. The summed E-state index contributed by atoms with van der Waals surface area (Å²) in [6, 6.07) is 14.8. The van der Waals surface area contributed by atoms with Crippen LogP contribution in [0.1, 0.15) is 69.5 Å². The van der Waals surface area contributed by atoms with E-state index < -0.39 is 5.60 Å². The maximum Gasteiger partial charge on any atom is 0.410 e. The van der Waals surface area contributed by atoms with E-state index in [1.165, 1.54) is 17.0 Å². The smallest absolute Gasteiger partial charge is 0.410 e. The van der Waals surface area contributed by atoms with Gasteiger partial charge >= 0.3 is 6.09 Å². The Morgan fingerprint density at radius 3 is 2.49 bits per heavy atom. The van der Waals surface area contributed by atoms with E-state index in [1.807, 2.05) is 27.7 Å². The van der Waals surface area contributed by atoms with Crippen molar-refractivity contribution in [2.45, 2.75) is 78.9 Å². The van der Waals surface area contributed by atoms with Gasteiger partial charge in [0.15, 0.2) is 0 Å². The van der Waals surface area contributed by atoms with Gasteiger partial charge in [-0.25, -0.2) is 4.79 Å². The van der Waals surface area contributed by atoms with E-state index in [1.54, 1.807) is 4.90 Å². The number of nitrogens with zero attached hydrogens (tertiary/aromatic N) is 2. The first kappa shape index (κ1) is 29.8. The second kappa shape index (κ2) is 13.8. The van der Waals surface area contributed by atoms with Gasteiger partial charge in [-0.2, -0.15) is 23.6 Å². The van der Waals surface area contributed by atoms with Gasteiger partial charge in [0.2, 0.25) is 0 Å². The number of likely N-dealkylation sites (tertiary alicyclic amines) is 1. The molecule has 2 heterocycles. The third kappa shape index (κ3) is 9.86. The van der Waals surface area contributed by atoms with E-state index in [0.29, 0.717) is 19.7 Å². The molecule has 1 amide bonds. The van der Waals surface area contributed by atoms with Crippen LogP contribution in [0.2, 0.25) is 0 Å². The van der Waals surface area contributed by atoms with Crippen molar-refractivity contribution in [3.63, 3.8) is 0 Å². The molecule has 1 aromatic heterocycles. The summed E-state index contributed by atoms with van der Waals surface area (Å²) in [6.45, 7) is 13.9. The molecule has 1 saturated heterocycles. The third-order valence-electron chi connectivity index (χ3n) is 6.20. The Bertz CT molecular complexity index is 909. The molecule has 35 heavy (non-hydrogen) atoms. The standard InChI is InChI=1S/C29H41N2O3.Y/c1-21-16-23(3)30-26(17-21)18-25-19-31(28(32)34-29(4,5)6)20-27(25)33-15-11-10-12-22(2)24-13-8-7-9-14-24;/h7-9,13-14,16-17,25,27H,10-12,15,18-20H2,1-6H3;/q-1;/t25-,27+;/m1./s1. The number of pyridine rings is 1. The first-order valence-electron chi connectivity index (χ1n) is 12.5. The van der Waals surface area contributed by atoms with E-state index in [2.05, 4.69) is 56.3 Å². The van der Waals surface area contributed by atoms with Gasteiger partial charge in [0, 0.05) is 63.2 Å². The summed E-state index contributed by atoms with van der Waals surface area (Å²) in [7, 11) is 0. The molecule has 5 nitrogen and oxygen atoms in total. The van der Waals surface area contributed by atoms with Crippen molar-refractivity contribution in [3.05, 3.63) is 70.9 Å². The van der Waals surface area contributed by atoms with Gasteiger partial charge in [0.05, 0.1) is 12.6 Å². The minimum atomic E-state index is -0.506. The monoisotopic (exact) mass is 554 g/mol. The van der Waals surface area contributed by atoms with Crippen LogP contribution in [0.4, 0.5) is 4.79 Å². The minimum Gasteiger partial charge on any atom is -0.444 e. The normalized spacial score (nSPS) is 17.7. The second-order valence-corrected chi connectivity index (χ2v) is 10.6. The summed E-state index contributed by atoms with van der Waals surface area (Å²) < 4.78 is 12.0. The van der Waals surface area contributed by atoms with E-state index in [0.717, 1.165) is 37.1 Å². The van der Waals surface area contributed by atoms with Gasteiger partial charge in [-0.1, -0.05) is 25.8 Å². The van der Waals surface area contributed by atoms with Crippen molar-refractivity contribution in [2.75, 3.05) is 19.7 Å². The zero-order valence-electron chi connectivity index (χ0n) is 22.3. The molecule has 2 aromatic rings. The van der Waals surface area contributed by atoms with Crippen LogP contribution < -0.4 is 0 Å². The summed E-state index contributed by atoms with van der Waals surface area (Å²) in [6.07, 6.45) is 3.69. The number of carbonyl (C=O) groups excluding carboxylic acids is 1. The summed E-state index contributed by atoms with van der Waals surface area (Å²) in [5.41, 5.74) is 4.11. The molecule has 6 heteroatoms. The number of ether oxygens (including phenoxy) is 2. The first-order chi connectivity index (χ1) is 16.1. The molecule has 0 spiro atoms. The molecule has 0 N–H and O–H groups in total. The number of amides is 1.